The molecular weight excluding hydrogens is 525 g/mol. The van der Waals surface area contributed by atoms with Crippen molar-refractivity contribution in [1.29, 1.82) is 0 Å². The van der Waals surface area contributed by atoms with Crippen LogP contribution in [0.5, 0.6) is 0 Å². The summed E-state index contributed by atoms with van der Waals surface area (Å²) in [6.07, 6.45) is 0. The number of hydrogen-bond acceptors (Lipinski definition) is 13. The highest BCUT2D eigenvalue weighted by atomic mass is 32.2. The monoisotopic (exact) mass is 530 g/mol. The van der Waals surface area contributed by atoms with E-state index >= 15 is 0 Å². The van der Waals surface area contributed by atoms with Gasteiger partial charge in [0.05, 0.1) is 50.0 Å². The van der Waals surface area contributed by atoms with E-state index in [4.69, 9.17) is 12.2 Å². The van der Waals surface area contributed by atoms with Gasteiger partial charge < -0.3 is 0 Å². The lowest BCUT2D eigenvalue weighted by atomic mass is 10.3. The Labute approximate surface area is 198 Å². The van der Waals surface area contributed by atoms with Gasteiger partial charge in [0.2, 0.25) is 0 Å². The second kappa shape index (κ2) is 9.65. The van der Waals surface area contributed by atoms with Crippen LogP contribution >= 0.6 is 58.4 Å². The Morgan fingerprint density at radius 1 is 0.656 bits per heavy atom. The third-order valence-electron chi connectivity index (χ3n) is 3.62. The van der Waals surface area contributed by atoms with Gasteiger partial charge in [-0.25, -0.2) is 0 Å². The van der Waals surface area contributed by atoms with Crippen molar-refractivity contribution in [3.8, 4) is 0 Å². The number of hydrogen-bond donors (Lipinski definition) is 0. The molecule has 0 N–H and O–H groups in total. The van der Waals surface area contributed by atoms with Gasteiger partial charge >= 0.3 is 0 Å². The number of nitrogens with zero attached hydrogens (tertiary/aromatic N) is 4. The lowest BCUT2D eigenvalue weighted by Gasteiger charge is -2.05. The second-order valence-electron chi connectivity index (χ2n) is 5.57. The summed E-state index contributed by atoms with van der Waals surface area (Å²) in [5, 5.41) is 44.6. The van der Waals surface area contributed by atoms with Gasteiger partial charge in [0.15, 0.2) is 0 Å². The van der Waals surface area contributed by atoms with Crippen molar-refractivity contribution >= 4 is 81.2 Å². The lowest BCUT2D eigenvalue weighted by molar-refractivity contribution is -0.396. The SMILES string of the molecule is O=[N+]([O-])c1ccc(Sc2sc(=S)sc2Sc2ccc([N+](=O)[O-])cc2[N+](=O)[O-])c([N+](=O)[O-])c1. The zero-order chi connectivity index (χ0) is 23.6. The average Bonchev–Trinajstić information content (AvgIpc) is 3.06. The molecule has 0 atom stereocenters. The maximum absolute atomic E-state index is 11.4. The molecule has 0 aliphatic heterocycles. The van der Waals surface area contributed by atoms with E-state index in [1.165, 1.54) is 12.1 Å². The summed E-state index contributed by atoms with van der Waals surface area (Å²) >= 11 is 9.34. The fraction of sp³-hybridized carbons (Fsp3) is 0. The van der Waals surface area contributed by atoms with E-state index in [2.05, 4.69) is 0 Å². The Morgan fingerprint density at radius 2 is 1.03 bits per heavy atom. The molecule has 12 nitrogen and oxygen atoms in total. The lowest BCUT2D eigenvalue weighted by Crippen LogP contribution is -1.94. The maximum atomic E-state index is 11.4. The Bertz CT molecular complexity index is 1240. The van der Waals surface area contributed by atoms with Crippen molar-refractivity contribution in [3.05, 3.63) is 80.0 Å². The van der Waals surface area contributed by atoms with E-state index in [0.29, 0.717) is 11.6 Å². The standard InChI is InChI=1S/C15H6N4O8S5/c20-16(21)7-1-3-11(9(5-7)18(24)25)29-13-14(32-15(28)31-13)30-12-4-2-8(17(22)23)6-10(12)19(26)27/h1-6H. The third-order valence-corrected chi connectivity index (χ3v) is 9.16. The topological polar surface area (TPSA) is 173 Å². The number of nitro benzene ring substituents is 4. The minimum atomic E-state index is -0.745. The van der Waals surface area contributed by atoms with E-state index in [-0.39, 0.29) is 9.79 Å². The van der Waals surface area contributed by atoms with Crippen LogP contribution in [0.2, 0.25) is 0 Å². The molecule has 0 amide bonds. The largest absolute Gasteiger partial charge is 0.290 e. The quantitative estimate of drug-likeness (QED) is 0.177. The molecule has 0 aliphatic carbocycles. The van der Waals surface area contributed by atoms with Crippen LogP contribution in [-0.4, -0.2) is 19.7 Å². The van der Waals surface area contributed by atoms with Gasteiger partial charge in [-0.1, -0.05) is 35.7 Å². The zero-order valence-corrected chi connectivity index (χ0v) is 19.1. The Kier molecular flexibility index (Phi) is 7.14. The number of rotatable bonds is 8. The smallest absolute Gasteiger partial charge is 0.258 e. The van der Waals surface area contributed by atoms with Gasteiger partial charge in [-0.05, 0) is 12.1 Å². The summed E-state index contributed by atoms with van der Waals surface area (Å²) in [7, 11) is 0. The predicted octanol–water partition coefficient (Wildman–Crippen LogP) is 6.47. The third kappa shape index (κ3) is 5.25. The molecule has 0 fully saturated rings. The molecule has 1 aromatic heterocycles. The van der Waals surface area contributed by atoms with Crippen LogP contribution in [0.25, 0.3) is 0 Å². The average molecular weight is 531 g/mol. The molecular formula is C15H6N4O8S5. The summed E-state index contributed by atoms with van der Waals surface area (Å²) in [5.74, 6) is 0. The summed E-state index contributed by atoms with van der Waals surface area (Å²) in [6, 6.07) is 6.46. The summed E-state index contributed by atoms with van der Waals surface area (Å²) in [6.45, 7) is 0. The van der Waals surface area contributed by atoms with Gasteiger partial charge in [-0.15, -0.1) is 22.7 Å². The first-order valence-electron chi connectivity index (χ1n) is 7.92. The van der Waals surface area contributed by atoms with Gasteiger partial charge in [0, 0.05) is 12.1 Å². The first kappa shape index (κ1) is 23.7. The van der Waals surface area contributed by atoms with Gasteiger partial charge in [-0.2, -0.15) is 0 Å². The Morgan fingerprint density at radius 3 is 1.34 bits per heavy atom. The predicted molar refractivity (Wildman–Crippen MR) is 121 cm³/mol. The first-order valence-corrected chi connectivity index (χ1v) is 11.6. The van der Waals surface area contributed by atoms with E-state index < -0.39 is 42.4 Å². The number of non-ortho nitro benzene ring substituents is 2. The molecule has 0 aliphatic rings. The van der Waals surface area contributed by atoms with Crippen LogP contribution in [-0.2, 0) is 0 Å². The fourth-order valence-electron chi connectivity index (χ4n) is 2.28. The van der Waals surface area contributed by atoms with Crippen LogP contribution in [0.4, 0.5) is 22.7 Å². The number of benzene rings is 2. The van der Waals surface area contributed by atoms with Crippen molar-refractivity contribution in [2.45, 2.75) is 18.2 Å². The van der Waals surface area contributed by atoms with Crippen LogP contribution in [0.1, 0.15) is 0 Å². The van der Waals surface area contributed by atoms with Crippen LogP contribution in [0.3, 0.4) is 0 Å². The summed E-state index contributed by atoms with van der Waals surface area (Å²) < 4.78 is 1.44. The first-order chi connectivity index (χ1) is 15.1. The van der Waals surface area contributed by atoms with E-state index in [9.17, 15) is 40.5 Å². The second-order valence-corrected chi connectivity index (χ2v) is 11.4. The van der Waals surface area contributed by atoms with Crippen molar-refractivity contribution in [2.75, 3.05) is 0 Å². The van der Waals surface area contributed by atoms with Crippen molar-refractivity contribution in [3.63, 3.8) is 0 Å². The maximum Gasteiger partial charge on any atom is 0.290 e. The molecule has 0 saturated carbocycles. The molecule has 0 spiro atoms. The molecule has 32 heavy (non-hydrogen) atoms. The summed E-state index contributed by atoms with van der Waals surface area (Å²) in [4.78, 5) is 41.9. The molecule has 3 rings (SSSR count). The van der Waals surface area contributed by atoms with E-state index in [1.54, 1.807) is 0 Å². The van der Waals surface area contributed by atoms with Crippen LogP contribution < -0.4 is 0 Å². The van der Waals surface area contributed by atoms with Crippen LogP contribution in [0, 0.1) is 43.6 Å². The molecule has 0 radical (unpaired) electrons. The van der Waals surface area contributed by atoms with Gasteiger partial charge in [0.25, 0.3) is 22.7 Å². The normalized spacial score (nSPS) is 10.6. The van der Waals surface area contributed by atoms with Crippen molar-refractivity contribution < 1.29 is 19.7 Å². The van der Waals surface area contributed by atoms with Gasteiger partial charge in [0.1, 0.15) is 3.14 Å². The van der Waals surface area contributed by atoms with E-state index in [1.807, 2.05) is 0 Å². The summed E-state index contributed by atoms with van der Waals surface area (Å²) in [5.41, 5.74) is -1.80. The molecule has 0 bridgehead atoms. The Balaban J connectivity index is 2.01. The van der Waals surface area contributed by atoms with Crippen molar-refractivity contribution in [2.24, 2.45) is 0 Å². The highest BCUT2D eigenvalue weighted by molar-refractivity contribution is 8.05. The minimum Gasteiger partial charge on any atom is -0.258 e. The molecule has 0 saturated heterocycles. The highest BCUT2D eigenvalue weighted by Gasteiger charge is 2.25. The highest BCUT2D eigenvalue weighted by Crippen LogP contribution is 2.49. The van der Waals surface area contributed by atoms with E-state index in [0.717, 1.165) is 70.5 Å². The molecule has 0 unspecified atom stereocenters. The zero-order valence-electron chi connectivity index (χ0n) is 15.1. The minimum absolute atomic E-state index is 0.129. The van der Waals surface area contributed by atoms with Crippen molar-refractivity contribution in [1.82, 2.24) is 0 Å². The molecule has 17 heteroatoms. The fourth-order valence-corrected chi connectivity index (χ4v) is 8.23. The Hall–Kier alpha value is -2.99. The van der Waals surface area contributed by atoms with Crippen LogP contribution in [0.15, 0.2) is 54.6 Å². The molecule has 164 valence electrons. The molecule has 1 heterocycles. The molecule has 2 aromatic carbocycles. The number of nitro groups is 4. The van der Waals surface area contributed by atoms with Gasteiger partial charge in [-0.3, -0.25) is 40.5 Å². The molecule has 3 aromatic rings.